The largest absolute Gasteiger partial charge is 0.361 e. The lowest BCUT2D eigenvalue weighted by atomic mass is 9.98. The highest BCUT2D eigenvalue weighted by Gasteiger charge is 2.04. The van der Waals surface area contributed by atoms with E-state index in [1.54, 1.807) is 0 Å². The Bertz CT molecular complexity index is 335. The van der Waals surface area contributed by atoms with Crippen molar-refractivity contribution in [3.05, 3.63) is 29.8 Å². The van der Waals surface area contributed by atoms with Gasteiger partial charge in [0.05, 0.1) is 6.07 Å². The Morgan fingerprint density at radius 3 is 2.40 bits per heavy atom. The second kappa shape index (κ2) is 5.41. The van der Waals surface area contributed by atoms with Gasteiger partial charge in [-0.1, -0.05) is 26.0 Å². The van der Waals surface area contributed by atoms with E-state index in [0.29, 0.717) is 12.5 Å². The number of rotatable bonds is 4. The van der Waals surface area contributed by atoms with E-state index in [1.807, 2.05) is 11.9 Å². The first-order chi connectivity index (χ1) is 7.19. The molecule has 2 heteroatoms. The monoisotopic (exact) mass is 202 g/mol. The molecule has 0 heterocycles. The minimum absolute atomic E-state index is 0.433. The number of nitriles is 1. The third-order valence-corrected chi connectivity index (χ3v) is 2.82. The molecule has 2 nitrogen and oxygen atoms in total. The Balaban J connectivity index is 2.77. The van der Waals surface area contributed by atoms with Crippen molar-refractivity contribution in [1.82, 2.24) is 0 Å². The summed E-state index contributed by atoms with van der Waals surface area (Å²) in [5, 5.41) is 8.59. The zero-order valence-corrected chi connectivity index (χ0v) is 9.70. The van der Waals surface area contributed by atoms with Gasteiger partial charge in [-0.05, 0) is 30.0 Å². The molecule has 0 saturated carbocycles. The van der Waals surface area contributed by atoms with Crippen LogP contribution < -0.4 is 4.90 Å². The summed E-state index contributed by atoms with van der Waals surface area (Å²) in [4.78, 5) is 1.94. The van der Waals surface area contributed by atoms with Gasteiger partial charge in [0.2, 0.25) is 0 Å². The van der Waals surface area contributed by atoms with Gasteiger partial charge >= 0.3 is 0 Å². The van der Waals surface area contributed by atoms with Gasteiger partial charge in [0.15, 0.2) is 0 Å². The predicted octanol–water partition coefficient (Wildman–Crippen LogP) is 3.16. The molecule has 0 bridgehead atoms. The lowest BCUT2D eigenvalue weighted by Crippen LogP contribution is -2.16. The van der Waals surface area contributed by atoms with Crippen molar-refractivity contribution in [2.75, 3.05) is 18.5 Å². The van der Waals surface area contributed by atoms with Crippen molar-refractivity contribution in [2.45, 2.75) is 26.2 Å². The van der Waals surface area contributed by atoms with E-state index in [0.717, 1.165) is 12.1 Å². The normalized spacial score (nSPS) is 11.9. The van der Waals surface area contributed by atoms with Crippen molar-refractivity contribution in [3.8, 4) is 6.07 Å². The van der Waals surface area contributed by atoms with E-state index in [1.165, 1.54) is 5.56 Å². The summed E-state index contributed by atoms with van der Waals surface area (Å²) in [6.45, 7) is 4.86. The molecular formula is C13H18N2. The van der Waals surface area contributed by atoms with Crippen LogP contribution in [0.3, 0.4) is 0 Å². The fourth-order valence-electron chi connectivity index (χ4n) is 1.49. The van der Waals surface area contributed by atoms with Crippen LogP contribution in [-0.4, -0.2) is 13.6 Å². The summed E-state index contributed by atoms with van der Waals surface area (Å²) in [5.41, 5.74) is 2.47. The Morgan fingerprint density at radius 2 is 1.93 bits per heavy atom. The zero-order chi connectivity index (χ0) is 11.3. The van der Waals surface area contributed by atoms with Gasteiger partial charge in [-0.2, -0.15) is 5.26 Å². The van der Waals surface area contributed by atoms with E-state index >= 15 is 0 Å². The fraction of sp³-hybridized carbons (Fsp3) is 0.462. The number of benzene rings is 1. The zero-order valence-electron chi connectivity index (χ0n) is 9.70. The van der Waals surface area contributed by atoms with Crippen molar-refractivity contribution in [3.63, 3.8) is 0 Å². The Morgan fingerprint density at radius 1 is 1.33 bits per heavy atom. The number of hydrogen-bond acceptors (Lipinski definition) is 2. The predicted molar refractivity (Wildman–Crippen MR) is 64.0 cm³/mol. The third kappa shape index (κ3) is 2.99. The maximum absolute atomic E-state index is 8.59. The second-order valence-electron chi connectivity index (χ2n) is 3.92. The third-order valence-electron chi connectivity index (χ3n) is 2.82. The highest BCUT2D eigenvalue weighted by Crippen LogP contribution is 2.21. The van der Waals surface area contributed by atoms with Crippen LogP contribution >= 0.6 is 0 Å². The summed E-state index contributed by atoms with van der Waals surface area (Å²) in [6.07, 6.45) is 1.16. The summed E-state index contributed by atoms with van der Waals surface area (Å²) < 4.78 is 0. The highest BCUT2D eigenvalue weighted by molar-refractivity contribution is 5.48. The first-order valence-electron chi connectivity index (χ1n) is 5.37. The maximum atomic E-state index is 8.59. The average Bonchev–Trinajstić information content (AvgIpc) is 2.28. The molecule has 0 radical (unpaired) electrons. The van der Waals surface area contributed by atoms with Crippen LogP contribution in [0.25, 0.3) is 0 Å². The van der Waals surface area contributed by atoms with Gasteiger partial charge in [0, 0.05) is 12.7 Å². The van der Waals surface area contributed by atoms with Gasteiger partial charge < -0.3 is 4.90 Å². The summed E-state index contributed by atoms with van der Waals surface area (Å²) in [5.74, 6) is 0.611. The Kier molecular flexibility index (Phi) is 4.17. The summed E-state index contributed by atoms with van der Waals surface area (Å²) >= 11 is 0. The van der Waals surface area contributed by atoms with Gasteiger partial charge in [0.25, 0.3) is 0 Å². The molecule has 1 unspecified atom stereocenters. The summed E-state index contributed by atoms with van der Waals surface area (Å²) in [7, 11) is 1.93. The Hall–Kier alpha value is -1.49. The molecule has 15 heavy (non-hydrogen) atoms. The van der Waals surface area contributed by atoms with E-state index in [4.69, 9.17) is 5.26 Å². The maximum Gasteiger partial charge on any atom is 0.105 e. The first-order valence-corrected chi connectivity index (χ1v) is 5.37. The molecule has 0 aliphatic rings. The summed E-state index contributed by atoms with van der Waals surface area (Å²) in [6, 6.07) is 10.6. The quantitative estimate of drug-likeness (QED) is 0.701. The van der Waals surface area contributed by atoms with E-state index in [-0.39, 0.29) is 0 Å². The van der Waals surface area contributed by atoms with Gasteiger partial charge in [-0.15, -0.1) is 0 Å². The van der Waals surface area contributed by atoms with Crippen LogP contribution in [0.4, 0.5) is 5.69 Å². The molecule has 0 fully saturated rings. The number of nitrogens with zero attached hydrogens (tertiary/aromatic N) is 2. The number of anilines is 1. The van der Waals surface area contributed by atoms with E-state index < -0.39 is 0 Å². The standard InChI is InChI=1S/C13H18N2/c1-4-11(2)12-5-7-13(8-6-12)15(3)10-9-14/h5-8,11H,4,10H2,1-3H3. The molecule has 1 aromatic carbocycles. The van der Waals surface area contributed by atoms with Gasteiger partial charge in [-0.25, -0.2) is 0 Å². The lowest BCUT2D eigenvalue weighted by Gasteiger charge is -2.16. The van der Waals surface area contributed by atoms with Crippen molar-refractivity contribution >= 4 is 5.69 Å². The van der Waals surface area contributed by atoms with Crippen LogP contribution in [0.5, 0.6) is 0 Å². The molecular weight excluding hydrogens is 184 g/mol. The smallest absolute Gasteiger partial charge is 0.105 e. The molecule has 0 aromatic heterocycles. The van der Waals surface area contributed by atoms with E-state index in [2.05, 4.69) is 44.2 Å². The molecule has 0 N–H and O–H groups in total. The van der Waals surface area contributed by atoms with Crippen LogP contribution in [0.1, 0.15) is 31.7 Å². The van der Waals surface area contributed by atoms with Crippen LogP contribution in [0.15, 0.2) is 24.3 Å². The van der Waals surface area contributed by atoms with Crippen molar-refractivity contribution in [2.24, 2.45) is 0 Å². The highest BCUT2D eigenvalue weighted by atomic mass is 15.1. The molecule has 0 amide bonds. The minimum Gasteiger partial charge on any atom is -0.361 e. The molecule has 1 aromatic rings. The molecule has 1 rings (SSSR count). The first kappa shape index (κ1) is 11.6. The molecule has 0 aliphatic carbocycles. The molecule has 80 valence electrons. The molecule has 1 atom stereocenters. The number of hydrogen-bond donors (Lipinski definition) is 0. The van der Waals surface area contributed by atoms with Crippen molar-refractivity contribution in [1.29, 1.82) is 5.26 Å². The van der Waals surface area contributed by atoms with Gasteiger partial charge in [0.1, 0.15) is 6.54 Å². The molecule has 0 saturated heterocycles. The SMILES string of the molecule is CCC(C)c1ccc(N(C)CC#N)cc1. The molecule has 0 spiro atoms. The van der Waals surface area contributed by atoms with Crippen molar-refractivity contribution < 1.29 is 0 Å². The topological polar surface area (TPSA) is 27.0 Å². The van der Waals surface area contributed by atoms with Crippen LogP contribution in [-0.2, 0) is 0 Å². The average molecular weight is 202 g/mol. The Labute approximate surface area is 92.1 Å². The minimum atomic E-state index is 0.433. The molecule has 0 aliphatic heterocycles. The van der Waals surface area contributed by atoms with E-state index in [9.17, 15) is 0 Å². The van der Waals surface area contributed by atoms with Gasteiger partial charge in [-0.3, -0.25) is 0 Å². The second-order valence-corrected chi connectivity index (χ2v) is 3.92. The fourth-order valence-corrected chi connectivity index (χ4v) is 1.49. The van der Waals surface area contributed by atoms with Crippen LogP contribution in [0, 0.1) is 11.3 Å². The van der Waals surface area contributed by atoms with Crippen LogP contribution in [0.2, 0.25) is 0 Å². The lowest BCUT2D eigenvalue weighted by molar-refractivity contribution is 0.733.